The van der Waals surface area contributed by atoms with Crippen LogP contribution >= 0.6 is 11.3 Å². The Bertz CT molecular complexity index is 3180. The monoisotopic (exact) mass is 771 g/mol. The molecule has 0 unspecified atom stereocenters. The van der Waals surface area contributed by atoms with Gasteiger partial charge in [-0.15, -0.1) is 11.3 Å². The van der Waals surface area contributed by atoms with Crippen LogP contribution in [-0.4, -0.2) is 0 Å². The summed E-state index contributed by atoms with van der Waals surface area (Å²) >= 11 is 1.86. The number of nitrogens with zero attached hydrogens (tertiary/aromatic N) is 1. The highest BCUT2D eigenvalue weighted by Crippen LogP contribution is 2.54. The molecule has 1 nitrogen and oxygen atoms in total. The topological polar surface area (TPSA) is 3.24 Å². The maximum Gasteiger partial charge on any atom is 0.0546 e. The van der Waals surface area contributed by atoms with E-state index in [4.69, 9.17) is 0 Å². The van der Waals surface area contributed by atoms with Gasteiger partial charge < -0.3 is 4.90 Å². The minimum Gasteiger partial charge on any atom is -0.310 e. The third kappa shape index (κ3) is 5.91. The molecule has 0 atom stereocenters. The number of fused-ring (bicyclic) bond motifs is 6. The molecule has 1 aliphatic rings. The zero-order valence-electron chi connectivity index (χ0n) is 33.1. The SMILES string of the molecule is CC1(C)c2cc(-c3ccccc3)ccc2-c2ccc(N(c3ccc4sc5ccccc5c4c3)c3cccc(-c4ccccc4)c3-c3ccccc3-c3ccccc3)cc21. The first kappa shape index (κ1) is 35.2. The van der Waals surface area contributed by atoms with Gasteiger partial charge in [0.05, 0.1) is 5.69 Å². The van der Waals surface area contributed by atoms with Crippen molar-refractivity contribution in [2.24, 2.45) is 0 Å². The second-order valence-corrected chi connectivity index (χ2v) is 17.2. The molecule has 0 radical (unpaired) electrons. The van der Waals surface area contributed by atoms with Crippen LogP contribution in [0.15, 0.2) is 212 Å². The average Bonchev–Trinajstić information content (AvgIpc) is 3.78. The Kier molecular flexibility index (Phi) is 8.43. The molecule has 0 N–H and O–H groups in total. The summed E-state index contributed by atoms with van der Waals surface area (Å²) in [6.45, 7) is 4.78. The summed E-state index contributed by atoms with van der Waals surface area (Å²) in [5.41, 5.74) is 18.2. The fourth-order valence-corrected chi connectivity index (χ4v) is 10.5. The second kappa shape index (κ2) is 14.1. The first-order valence-corrected chi connectivity index (χ1v) is 21.2. The van der Waals surface area contributed by atoms with E-state index in [-0.39, 0.29) is 5.41 Å². The van der Waals surface area contributed by atoms with Gasteiger partial charge in [0, 0.05) is 42.5 Å². The van der Waals surface area contributed by atoms with E-state index in [0.29, 0.717) is 0 Å². The summed E-state index contributed by atoms with van der Waals surface area (Å²) in [5, 5.41) is 2.57. The molecule has 0 saturated carbocycles. The van der Waals surface area contributed by atoms with E-state index in [1.165, 1.54) is 86.9 Å². The molecule has 1 aromatic heterocycles. The number of rotatable bonds is 7. The molecule has 0 spiro atoms. The minimum atomic E-state index is -0.209. The summed E-state index contributed by atoms with van der Waals surface area (Å²) in [5.74, 6) is 0. The second-order valence-electron chi connectivity index (χ2n) is 16.1. The van der Waals surface area contributed by atoms with Crippen LogP contribution in [-0.2, 0) is 5.41 Å². The lowest BCUT2D eigenvalue weighted by molar-refractivity contribution is 0.660. The Hall–Kier alpha value is -7.00. The number of hydrogen-bond donors (Lipinski definition) is 0. The van der Waals surface area contributed by atoms with E-state index in [9.17, 15) is 0 Å². The van der Waals surface area contributed by atoms with E-state index >= 15 is 0 Å². The highest BCUT2D eigenvalue weighted by Gasteiger charge is 2.36. The van der Waals surface area contributed by atoms with Gasteiger partial charge in [-0.05, 0) is 110 Å². The largest absolute Gasteiger partial charge is 0.310 e. The molecule has 0 amide bonds. The van der Waals surface area contributed by atoms with Gasteiger partial charge in [0.15, 0.2) is 0 Å². The summed E-state index contributed by atoms with van der Waals surface area (Å²) in [7, 11) is 0. The fourth-order valence-electron chi connectivity index (χ4n) is 9.39. The van der Waals surface area contributed by atoms with Crippen molar-refractivity contribution in [1.82, 2.24) is 0 Å². The highest BCUT2D eigenvalue weighted by molar-refractivity contribution is 7.25. The van der Waals surface area contributed by atoms with Crippen molar-refractivity contribution in [2.45, 2.75) is 19.3 Å². The molecule has 2 heteroatoms. The molecule has 10 aromatic rings. The molecule has 0 aliphatic heterocycles. The quantitative estimate of drug-likeness (QED) is 0.156. The molecule has 0 fully saturated rings. The number of benzene rings is 9. The first-order valence-electron chi connectivity index (χ1n) is 20.4. The van der Waals surface area contributed by atoms with E-state index in [2.05, 4.69) is 231 Å². The van der Waals surface area contributed by atoms with Gasteiger partial charge >= 0.3 is 0 Å². The van der Waals surface area contributed by atoms with Crippen LogP contribution in [0.1, 0.15) is 25.0 Å². The Morgan fingerprint density at radius 1 is 0.356 bits per heavy atom. The van der Waals surface area contributed by atoms with Crippen LogP contribution in [0.4, 0.5) is 17.1 Å². The number of thiophene rings is 1. The van der Waals surface area contributed by atoms with Gasteiger partial charge in [0.1, 0.15) is 0 Å². The predicted molar refractivity (Wildman–Crippen MR) is 253 cm³/mol. The van der Waals surface area contributed by atoms with Crippen LogP contribution in [0.3, 0.4) is 0 Å². The summed E-state index contributed by atoms with van der Waals surface area (Å²) in [4.78, 5) is 2.52. The number of anilines is 3. The summed E-state index contributed by atoms with van der Waals surface area (Å²) in [6, 6.07) is 78.2. The minimum absolute atomic E-state index is 0.209. The van der Waals surface area contributed by atoms with Crippen LogP contribution in [0.25, 0.3) is 75.8 Å². The Morgan fingerprint density at radius 3 is 1.64 bits per heavy atom. The predicted octanol–water partition coefficient (Wildman–Crippen LogP) is 16.5. The zero-order chi connectivity index (χ0) is 39.5. The highest BCUT2D eigenvalue weighted by atomic mass is 32.1. The van der Waals surface area contributed by atoms with Gasteiger partial charge in [-0.2, -0.15) is 0 Å². The Labute approximate surface area is 350 Å². The van der Waals surface area contributed by atoms with E-state index < -0.39 is 0 Å². The Morgan fingerprint density at radius 2 is 0.898 bits per heavy atom. The van der Waals surface area contributed by atoms with Crippen molar-refractivity contribution in [1.29, 1.82) is 0 Å². The van der Waals surface area contributed by atoms with Crippen LogP contribution in [0.2, 0.25) is 0 Å². The van der Waals surface area contributed by atoms with Gasteiger partial charge in [-0.3, -0.25) is 0 Å². The van der Waals surface area contributed by atoms with Crippen molar-refractivity contribution >= 4 is 48.6 Å². The van der Waals surface area contributed by atoms with Crippen LogP contribution in [0.5, 0.6) is 0 Å². The maximum atomic E-state index is 2.52. The molecule has 0 bridgehead atoms. The van der Waals surface area contributed by atoms with Crippen LogP contribution in [0, 0.1) is 0 Å². The zero-order valence-corrected chi connectivity index (χ0v) is 33.9. The molecule has 11 rings (SSSR count). The summed E-state index contributed by atoms with van der Waals surface area (Å²) < 4.78 is 2.60. The van der Waals surface area contributed by atoms with Crippen molar-refractivity contribution in [3.8, 4) is 55.6 Å². The van der Waals surface area contributed by atoms with Crippen molar-refractivity contribution in [2.75, 3.05) is 4.90 Å². The molecule has 9 aromatic carbocycles. The molecule has 1 heterocycles. The standard InChI is InChI=1S/C57H41NS/c1-57(2)51-35-41(38-17-6-3-7-18-38)29-32-46(51)47-33-30-43(37-52(47)57)58(42-31-34-55-50(36-42)48-24-14-15-28-54(48)59-55)53-27-16-26-45(40-21-10-5-11-22-40)56(53)49-25-13-12-23-44(49)39-19-8-4-9-20-39/h3-37H,1-2H3. The molecule has 1 aliphatic carbocycles. The van der Waals surface area contributed by atoms with Gasteiger partial charge in [-0.25, -0.2) is 0 Å². The van der Waals surface area contributed by atoms with Gasteiger partial charge in [-0.1, -0.05) is 178 Å². The smallest absolute Gasteiger partial charge is 0.0546 e. The lowest BCUT2D eigenvalue weighted by Gasteiger charge is -2.31. The third-order valence-electron chi connectivity index (χ3n) is 12.3. The number of hydrogen-bond acceptors (Lipinski definition) is 2. The lowest BCUT2D eigenvalue weighted by Crippen LogP contribution is -2.17. The van der Waals surface area contributed by atoms with Crippen molar-refractivity contribution < 1.29 is 0 Å². The lowest BCUT2D eigenvalue weighted by atomic mass is 9.81. The fraction of sp³-hybridized carbons (Fsp3) is 0.0526. The van der Waals surface area contributed by atoms with Gasteiger partial charge in [0.2, 0.25) is 0 Å². The molecule has 59 heavy (non-hydrogen) atoms. The van der Waals surface area contributed by atoms with Crippen molar-refractivity contribution in [3.63, 3.8) is 0 Å². The first-order chi connectivity index (χ1) is 29.0. The molecular weight excluding hydrogens is 731 g/mol. The Balaban J connectivity index is 1.18. The molecular formula is C57H41NS. The molecule has 280 valence electrons. The van der Waals surface area contributed by atoms with Gasteiger partial charge in [0.25, 0.3) is 0 Å². The van der Waals surface area contributed by atoms with E-state index in [1.807, 2.05) is 11.3 Å². The third-order valence-corrected chi connectivity index (χ3v) is 13.4. The normalized spacial score (nSPS) is 12.7. The molecule has 0 saturated heterocycles. The van der Waals surface area contributed by atoms with Crippen LogP contribution < -0.4 is 4.90 Å². The van der Waals surface area contributed by atoms with E-state index in [0.717, 1.165) is 17.1 Å². The maximum absolute atomic E-state index is 2.52. The van der Waals surface area contributed by atoms with Crippen molar-refractivity contribution in [3.05, 3.63) is 223 Å². The average molecular weight is 772 g/mol. The van der Waals surface area contributed by atoms with E-state index in [1.54, 1.807) is 0 Å². The summed E-state index contributed by atoms with van der Waals surface area (Å²) in [6.07, 6.45) is 0.